The molecule has 2 aromatic rings. The lowest BCUT2D eigenvalue weighted by Gasteiger charge is -2.12. The van der Waals surface area contributed by atoms with Gasteiger partial charge in [-0.2, -0.15) is 0 Å². The molecular weight excluding hydrogens is 310 g/mol. The average molecular weight is 325 g/mol. The second kappa shape index (κ2) is 6.19. The van der Waals surface area contributed by atoms with E-state index in [0.717, 1.165) is 4.88 Å². The predicted octanol–water partition coefficient (Wildman–Crippen LogP) is 1.99. The van der Waals surface area contributed by atoms with E-state index in [4.69, 9.17) is 17.0 Å². The summed E-state index contributed by atoms with van der Waals surface area (Å²) in [4.78, 5) is 12.7. The van der Waals surface area contributed by atoms with E-state index in [1.807, 2.05) is 20.8 Å². The first-order chi connectivity index (χ1) is 9.92. The minimum Gasteiger partial charge on any atom is -0.465 e. The molecule has 0 amide bonds. The second-order valence-corrected chi connectivity index (χ2v) is 5.95. The molecule has 0 aliphatic carbocycles. The fraction of sp³-hybridized carbons (Fsp3) is 0.333. The summed E-state index contributed by atoms with van der Waals surface area (Å²) in [6, 6.07) is 1.76. The fourth-order valence-corrected chi connectivity index (χ4v) is 2.89. The quantitative estimate of drug-likeness (QED) is 0.660. The number of anilines is 1. The highest BCUT2D eigenvalue weighted by Crippen LogP contribution is 2.28. The van der Waals surface area contributed by atoms with Crippen LogP contribution >= 0.6 is 23.6 Å². The number of carbonyl (C=O) groups excluding carboxylic acids is 1. The Morgan fingerprint density at radius 1 is 1.33 bits per heavy atom. The maximum atomic E-state index is 11.7. The van der Waals surface area contributed by atoms with Crippen molar-refractivity contribution in [2.24, 2.45) is 0 Å². The van der Waals surface area contributed by atoms with Gasteiger partial charge in [0, 0.05) is 4.88 Å². The van der Waals surface area contributed by atoms with Gasteiger partial charge in [-0.1, -0.05) is 0 Å². The average Bonchev–Trinajstić information content (AvgIpc) is 2.95. The van der Waals surface area contributed by atoms with Crippen LogP contribution in [0.5, 0.6) is 0 Å². The summed E-state index contributed by atoms with van der Waals surface area (Å²) in [5, 5.41) is 11.8. The standard InChI is InChI=1S/C12H15N5O2S2/c1-6-5-9(11(18)19-4)10(21-6)13-12(20)16-17-7(2)14-15-8(17)3/h5H,1-4H3,(H2,13,16,20). The van der Waals surface area contributed by atoms with Gasteiger partial charge in [-0.05, 0) is 39.1 Å². The molecule has 7 nitrogen and oxygen atoms in total. The van der Waals surface area contributed by atoms with Gasteiger partial charge in [-0.15, -0.1) is 21.5 Å². The molecule has 0 radical (unpaired) electrons. The first-order valence-corrected chi connectivity index (χ1v) is 7.30. The Labute approximate surface area is 131 Å². The van der Waals surface area contributed by atoms with Gasteiger partial charge >= 0.3 is 5.97 Å². The molecule has 112 valence electrons. The lowest BCUT2D eigenvalue weighted by molar-refractivity contribution is 0.0602. The number of aromatic nitrogens is 3. The van der Waals surface area contributed by atoms with Crippen LogP contribution in [0.25, 0.3) is 0 Å². The van der Waals surface area contributed by atoms with Crippen LogP contribution in [-0.4, -0.2) is 33.1 Å². The number of methoxy groups -OCH3 is 1. The van der Waals surface area contributed by atoms with Crippen LogP contribution in [0.3, 0.4) is 0 Å². The number of nitrogens with zero attached hydrogens (tertiary/aromatic N) is 3. The van der Waals surface area contributed by atoms with Crippen LogP contribution in [0.4, 0.5) is 5.00 Å². The van der Waals surface area contributed by atoms with Gasteiger partial charge in [0.25, 0.3) is 0 Å². The lowest BCUT2D eigenvalue weighted by atomic mass is 10.3. The molecular formula is C12H15N5O2S2. The number of carbonyl (C=O) groups is 1. The number of rotatable bonds is 3. The van der Waals surface area contributed by atoms with Crippen LogP contribution in [0.2, 0.25) is 0 Å². The number of hydrogen-bond donors (Lipinski definition) is 2. The van der Waals surface area contributed by atoms with Crippen LogP contribution in [0.15, 0.2) is 6.07 Å². The zero-order valence-electron chi connectivity index (χ0n) is 12.1. The van der Waals surface area contributed by atoms with E-state index in [0.29, 0.717) is 27.3 Å². The Morgan fingerprint density at radius 3 is 2.52 bits per heavy atom. The Bertz CT molecular complexity index is 672. The van der Waals surface area contributed by atoms with Gasteiger partial charge in [0.05, 0.1) is 12.7 Å². The van der Waals surface area contributed by atoms with Crippen LogP contribution < -0.4 is 10.7 Å². The van der Waals surface area contributed by atoms with Crippen molar-refractivity contribution in [2.45, 2.75) is 20.8 Å². The van der Waals surface area contributed by atoms with E-state index >= 15 is 0 Å². The molecule has 0 unspecified atom stereocenters. The third-order valence-corrected chi connectivity index (χ3v) is 3.85. The highest BCUT2D eigenvalue weighted by Gasteiger charge is 2.16. The van der Waals surface area contributed by atoms with Crippen LogP contribution in [0, 0.1) is 20.8 Å². The van der Waals surface area contributed by atoms with Crippen LogP contribution in [0.1, 0.15) is 26.9 Å². The van der Waals surface area contributed by atoms with E-state index < -0.39 is 5.97 Å². The van der Waals surface area contributed by atoms with Gasteiger partial charge < -0.3 is 10.1 Å². The number of thiophene rings is 1. The fourth-order valence-electron chi connectivity index (χ4n) is 1.73. The molecule has 2 rings (SSSR count). The maximum Gasteiger partial charge on any atom is 0.340 e. The summed E-state index contributed by atoms with van der Waals surface area (Å²) < 4.78 is 6.42. The number of thiocarbonyl (C=S) groups is 1. The van der Waals surface area contributed by atoms with Crippen molar-refractivity contribution in [3.8, 4) is 0 Å². The smallest absolute Gasteiger partial charge is 0.340 e. The predicted molar refractivity (Wildman–Crippen MR) is 85.5 cm³/mol. The maximum absolute atomic E-state index is 11.7. The van der Waals surface area contributed by atoms with E-state index in [2.05, 4.69) is 20.9 Å². The SMILES string of the molecule is COC(=O)c1cc(C)sc1NC(=S)Nn1c(C)nnc1C. The van der Waals surface area contributed by atoms with E-state index in [1.165, 1.54) is 18.4 Å². The van der Waals surface area contributed by atoms with Crippen molar-refractivity contribution in [2.75, 3.05) is 17.9 Å². The van der Waals surface area contributed by atoms with Crippen molar-refractivity contribution < 1.29 is 9.53 Å². The number of esters is 1. The summed E-state index contributed by atoms with van der Waals surface area (Å²) in [6.07, 6.45) is 0. The topological polar surface area (TPSA) is 81.1 Å². The summed E-state index contributed by atoms with van der Waals surface area (Å²) in [6.45, 7) is 5.53. The minimum absolute atomic E-state index is 0.341. The third-order valence-electron chi connectivity index (χ3n) is 2.69. The Morgan fingerprint density at radius 2 is 1.95 bits per heavy atom. The number of nitrogens with one attached hydrogen (secondary N) is 2. The molecule has 0 bridgehead atoms. The van der Waals surface area contributed by atoms with E-state index in [1.54, 1.807) is 10.7 Å². The zero-order valence-corrected chi connectivity index (χ0v) is 13.7. The molecule has 0 aliphatic heterocycles. The molecule has 0 atom stereocenters. The number of aryl methyl sites for hydroxylation is 3. The summed E-state index contributed by atoms with van der Waals surface area (Å²) in [5.41, 5.74) is 3.43. The molecule has 2 heterocycles. The largest absolute Gasteiger partial charge is 0.465 e. The summed E-state index contributed by atoms with van der Waals surface area (Å²) in [7, 11) is 1.35. The molecule has 2 aromatic heterocycles. The van der Waals surface area contributed by atoms with Gasteiger partial charge in [0.2, 0.25) is 0 Å². The highest BCUT2D eigenvalue weighted by atomic mass is 32.1. The molecule has 0 aromatic carbocycles. The van der Waals surface area contributed by atoms with Crippen molar-refractivity contribution in [3.63, 3.8) is 0 Å². The monoisotopic (exact) mass is 325 g/mol. The molecule has 0 fully saturated rings. The first-order valence-electron chi connectivity index (χ1n) is 6.07. The molecule has 2 N–H and O–H groups in total. The van der Waals surface area contributed by atoms with Gasteiger partial charge in [0.1, 0.15) is 16.6 Å². The second-order valence-electron chi connectivity index (χ2n) is 4.29. The molecule has 9 heteroatoms. The van der Waals surface area contributed by atoms with Gasteiger partial charge in [-0.3, -0.25) is 5.43 Å². The zero-order chi connectivity index (χ0) is 15.6. The van der Waals surface area contributed by atoms with Gasteiger partial charge in [0.15, 0.2) is 5.11 Å². The molecule has 0 aliphatic rings. The molecule has 21 heavy (non-hydrogen) atoms. The summed E-state index contributed by atoms with van der Waals surface area (Å²) in [5.74, 6) is 0.973. The molecule has 0 saturated heterocycles. The van der Waals surface area contributed by atoms with Crippen molar-refractivity contribution >= 4 is 39.6 Å². The van der Waals surface area contributed by atoms with E-state index in [9.17, 15) is 4.79 Å². The Kier molecular flexibility index (Phi) is 4.53. The minimum atomic E-state index is -0.402. The lowest BCUT2D eigenvalue weighted by Crippen LogP contribution is -2.29. The van der Waals surface area contributed by atoms with Crippen molar-refractivity contribution in [1.29, 1.82) is 0 Å². The summed E-state index contributed by atoms with van der Waals surface area (Å²) >= 11 is 6.68. The highest BCUT2D eigenvalue weighted by molar-refractivity contribution is 7.80. The Hall–Kier alpha value is -2.00. The van der Waals surface area contributed by atoms with E-state index in [-0.39, 0.29) is 0 Å². The number of hydrogen-bond acceptors (Lipinski definition) is 6. The van der Waals surface area contributed by atoms with Crippen molar-refractivity contribution in [1.82, 2.24) is 14.9 Å². The van der Waals surface area contributed by atoms with Gasteiger partial charge in [-0.25, -0.2) is 9.47 Å². The van der Waals surface area contributed by atoms with Crippen LogP contribution in [-0.2, 0) is 4.74 Å². The normalized spacial score (nSPS) is 10.3. The Balaban J connectivity index is 2.15. The molecule has 0 spiro atoms. The molecule has 0 saturated carbocycles. The first kappa shape index (κ1) is 15.4. The van der Waals surface area contributed by atoms with Crippen molar-refractivity contribution in [3.05, 3.63) is 28.2 Å². The third kappa shape index (κ3) is 3.37. The number of ether oxygens (including phenoxy) is 1.